The number of rotatable bonds is 4. The van der Waals surface area contributed by atoms with Crippen molar-refractivity contribution in [2.45, 2.75) is 32.6 Å². The van der Waals surface area contributed by atoms with Crippen LogP contribution in [0.4, 0.5) is 0 Å². The third-order valence-electron chi connectivity index (χ3n) is 2.56. The number of carbonyl (C=O) groups is 1. The quantitative estimate of drug-likeness (QED) is 0.727. The van der Waals surface area contributed by atoms with E-state index in [2.05, 4.69) is 4.98 Å². The summed E-state index contributed by atoms with van der Waals surface area (Å²) in [7, 11) is 0. The van der Waals surface area contributed by atoms with E-state index in [1.165, 1.54) is 12.8 Å². The van der Waals surface area contributed by atoms with Gasteiger partial charge in [0.05, 0.1) is 0 Å². The highest BCUT2D eigenvalue weighted by Crippen LogP contribution is 2.32. The molecule has 1 aromatic heterocycles. The van der Waals surface area contributed by atoms with Crippen molar-refractivity contribution >= 4 is 5.78 Å². The van der Waals surface area contributed by atoms with Crippen LogP contribution in [0.5, 0.6) is 0 Å². The Morgan fingerprint density at radius 2 is 2.29 bits per heavy atom. The molecule has 74 valence electrons. The average Bonchev–Trinajstić information content (AvgIpc) is 2.93. The Hall–Kier alpha value is -1.18. The summed E-state index contributed by atoms with van der Waals surface area (Å²) in [5.41, 5.74) is 2.05. The van der Waals surface area contributed by atoms with E-state index in [-0.39, 0.29) is 0 Å². The smallest absolute Gasteiger partial charge is 0.139 e. The lowest BCUT2D eigenvalue weighted by Crippen LogP contribution is -2.04. The second-order valence-corrected chi connectivity index (χ2v) is 4.19. The first kappa shape index (κ1) is 9.38. The van der Waals surface area contributed by atoms with Crippen LogP contribution in [-0.4, -0.2) is 10.8 Å². The fourth-order valence-electron chi connectivity index (χ4n) is 1.52. The van der Waals surface area contributed by atoms with Gasteiger partial charge < -0.3 is 0 Å². The normalized spacial score (nSPS) is 15.5. The Morgan fingerprint density at radius 1 is 1.50 bits per heavy atom. The Labute approximate surface area is 84.4 Å². The molecule has 0 amide bonds. The number of aryl methyl sites for hydroxylation is 1. The zero-order chi connectivity index (χ0) is 9.97. The van der Waals surface area contributed by atoms with Gasteiger partial charge in [0, 0.05) is 24.7 Å². The number of hydrogen-bond donors (Lipinski definition) is 0. The van der Waals surface area contributed by atoms with Crippen molar-refractivity contribution in [1.82, 2.24) is 4.98 Å². The number of pyridine rings is 1. The van der Waals surface area contributed by atoms with Gasteiger partial charge in [-0.1, -0.05) is 6.07 Å². The van der Waals surface area contributed by atoms with E-state index in [0.29, 0.717) is 18.1 Å². The Balaban J connectivity index is 1.89. The summed E-state index contributed by atoms with van der Waals surface area (Å²) < 4.78 is 0. The van der Waals surface area contributed by atoms with Crippen molar-refractivity contribution in [3.63, 3.8) is 0 Å². The van der Waals surface area contributed by atoms with Gasteiger partial charge >= 0.3 is 0 Å². The standard InChI is InChI=1S/C12H15NO/c1-9-2-5-11(13-8-9)7-12(14)6-10-3-4-10/h2,5,8,10H,3-4,6-7H2,1H3. The van der Waals surface area contributed by atoms with Crippen LogP contribution in [0, 0.1) is 12.8 Å². The maximum absolute atomic E-state index is 11.5. The first-order valence-electron chi connectivity index (χ1n) is 5.17. The van der Waals surface area contributed by atoms with E-state index in [4.69, 9.17) is 0 Å². The van der Waals surface area contributed by atoms with E-state index in [9.17, 15) is 4.79 Å². The maximum Gasteiger partial charge on any atom is 0.139 e. The third-order valence-corrected chi connectivity index (χ3v) is 2.56. The molecule has 0 bridgehead atoms. The molecular formula is C12H15NO. The van der Waals surface area contributed by atoms with Crippen LogP contribution in [-0.2, 0) is 11.2 Å². The van der Waals surface area contributed by atoms with E-state index in [1.807, 2.05) is 25.3 Å². The lowest BCUT2D eigenvalue weighted by molar-refractivity contribution is -0.118. The fourth-order valence-corrected chi connectivity index (χ4v) is 1.52. The molecule has 1 aliphatic carbocycles. The molecule has 0 atom stereocenters. The highest BCUT2D eigenvalue weighted by molar-refractivity contribution is 5.80. The molecule has 1 aromatic rings. The molecule has 0 aliphatic heterocycles. The van der Waals surface area contributed by atoms with Gasteiger partial charge in [-0.15, -0.1) is 0 Å². The molecule has 0 N–H and O–H groups in total. The monoisotopic (exact) mass is 189 g/mol. The first-order valence-corrected chi connectivity index (χ1v) is 5.17. The van der Waals surface area contributed by atoms with Crippen molar-refractivity contribution in [1.29, 1.82) is 0 Å². The van der Waals surface area contributed by atoms with Crippen LogP contribution in [0.2, 0.25) is 0 Å². The second kappa shape index (κ2) is 3.91. The summed E-state index contributed by atoms with van der Waals surface area (Å²) in [5.74, 6) is 1.02. The van der Waals surface area contributed by atoms with Crippen LogP contribution in [0.3, 0.4) is 0 Å². The summed E-state index contributed by atoms with van der Waals surface area (Å²) >= 11 is 0. The molecule has 1 fully saturated rings. The van der Waals surface area contributed by atoms with Crippen molar-refractivity contribution in [2.24, 2.45) is 5.92 Å². The van der Waals surface area contributed by atoms with Crippen molar-refractivity contribution < 1.29 is 4.79 Å². The van der Waals surface area contributed by atoms with Gasteiger partial charge in [0.25, 0.3) is 0 Å². The number of hydrogen-bond acceptors (Lipinski definition) is 2. The molecule has 2 rings (SSSR count). The van der Waals surface area contributed by atoms with Gasteiger partial charge in [0.15, 0.2) is 0 Å². The fraction of sp³-hybridized carbons (Fsp3) is 0.500. The summed E-state index contributed by atoms with van der Waals surface area (Å²) in [5, 5.41) is 0. The van der Waals surface area contributed by atoms with Gasteiger partial charge in [-0.2, -0.15) is 0 Å². The van der Waals surface area contributed by atoms with Crippen molar-refractivity contribution in [3.05, 3.63) is 29.6 Å². The Kier molecular flexibility index (Phi) is 2.62. The number of carbonyl (C=O) groups excluding carboxylic acids is 1. The van der Waals surface area contributed by atoms with Crippen LogP contribution in [0.15, 0.2) is 18.3 Å². The van der Waals surface area contributed by atoms with Gasteiger partial charge in [0.1, 0.15) is 5.78 Å². The zero-order valence-corrected chi connectivity index (χ0v) is 8.49. The van der Waals surface area contributed by atoms with Crippen molar-refractivity contribution in [2.75, 3.05) is 0 Å². The SMILES string of the molecule is Cc1ccc(CC(=O)CC2CC2)nc1. The molecule has 0 radical (unpaired) electrons. The van der Waals surface area contributed by atoms with Crippen LogP contribution in [0.25, 0.3) is 0 Å². The van der Waals surface area contributed by atoms with Crippen molar-refractivity contribution in [3.8, 4) is 0 Å². The van der Waals surface area contributed by atoms with Crippen LogP contribution < -0.4 is 0 Å². The average molecular weight is 189 g/mol. The van der Waals surface area contributed by atoms with Gasteiger partial charge in [-0.25, -0.2) is 0 Å². The van der Waals surface area contributed by atoms with Gasteiger partial charge in [-0.3, -0.25) is 9.78 Å². The molecule has 0 spiro atoms. The van der Waals surface area contributed by atoms with Gasteiger partial charge in [-0.05, 0) is 37.3 Å². The lowest BCUT2D eigenvalue weighted by atomic mass is 10.1. The highest BCUT2D eigenvalue weighted by Gasteiger charge is 2.24. The number of Topliss-reactive ketones (excluding diaryl/α,β-unsaturated/α-hetero) is 1. The summed E-state index contributed by atoms with van der Waals surface area (Å²) in [6.45, 7) is 2.00. The van der Waals surface area contributed by atoms with E-state index < -0.39 is 0 Å². The topological polar surface area (TPSA) is 30.0 Å². The zero-order valence-electron chi connectivity index (χ0n) is 8.49. The number of ketones is 1. The minimum Gasteiger partial charge on any atom is -0.299 e. The molecule has 0 aromatic carbocycles. The molecule has 2 heteroatoms. The predicted octanol–water partition coefficient (Wildman–Crippen LogP) is 2.30. The Bertz CT molecular complexity index is 325. The molecule has 0 saturated heterocycles. The molecule has 1 aliphatic rings. The summed E-state index contributed by atoms with van der Waals surface area (Å²) in [4.78, 5) is 15.7. The summed E-state index contributed by atoms with van der Waals surface area (Å²) in [6.07, 6.45) is 5.58. The molecule has 1 heterocycles. The van der Waals surface area contributed by atoms with Gasteiger partial charge in [0.2, 0.25) is 0 Å². The minimum atomic E-state index is 0.337. The molecular weight excluding hydrogens is 174 g/mol. The minimum absolute atomic E-state index is 0.337. The highest BCUT2D eigenvalue weighted by atomic mass is 16.1. The number of nitrogens with zero attached hydrogens (tertiary/aromatic N) is 1. The maximum atomic E-state index is 11.5. The first-order chi connectivity index (χ1) is 6.74. The molecule has 14 heavy (non-hydrogen) atoms. The van der Waals surface area contributed by atoms with E-state index in [1.54, 1.807) is 0 Å². The van der Waals surface area contributed by atoms with E-state index in [0.717, 1.165) is 17.7 Å². The molecule has 2 nitrogen and oxygen atoms in total. The van der Waals surface area contributed by atoms with Crippen LogP contribution >= 0.6 is 0 Å². The molecule has 0 unspecified atom stereocenters. The van der Waals surface area contributed by atoms with E-state index >= 15 is 0 Å². The Morgan fingerprint density at radius 3 is 2.86 bits per heavy atom. The second-order valence-electron chi connectivity index (χ2n) is 4.19. The summed E-state index contributed by atoms with van der Waals surface area (Å²) in [6, 6.07) is 3.95. The predicted molar refractivity (Wildman–Crippen MR) is 55.0 cm³/mol. The lowest BCUT2D eigenvalue weighted by Gasteiger charge is -1.99. The third kappa shape index (κ3) is 2.66. The molecule has 1 saturated carbocycles. The largest absolute Gasteiger partial charge is 0.299 e. The van der Waals surface area contributed by atoms with Crippen LogP contribution in [0.1, 0.15) is 30.5 Å². The number of aromatic nitrogens is 1.